The summed E-state index contributed by atoms with van der Waals surface area (Å²) in [6.45, 7) is 11.3. The molecule has 2 rings (SSSR count). The van der Waals surface area contributed by atoms with Gasteiger partial charge in [-0.15, -0.1) is 0 Å². The van der Waals surface area contributed by atoms with Gasteiger partial charge in [0.15, 0.2) is 0 Å². The van der Waals surface area contributed by atoms with E-state index in [1.54, 1.807) is 0 Å². The minimum atomic E-state index is 0.630. The molecule has 2 heterocycles. The Morgan fingerprint density at radius 3 is 3.06 bits per heavy atom. The lowest BCUT2D eigenvalue weighted by Crippen LogP contribution is -2.42. The molecule has 0 saturated carbocycles. The lowest BCUT2D eigenvalue weighted by atomic mass is 10.1. The van der Waals surface area contributed by atoms with Crippen LogP contribution in [0.4, 0.5) is 0 Å². The topological polar surface area (TPSA) is 28.2 Å². The Kier molecular flexibility index (Phi) is 4.72. The van der Waals surface area contributed by atoms with Crippen LogP contribution in [0.3, 0.4) is 0 Å². The zero-order valence-corrected chi connectivity index (χ0v) is 11.8. The fourth-order valence-corrected chi connectivity index (χ4v) is 2.52. The fourth-order valence-electron chi connectivity index (χ4n) is 2.52. The van der Waals surface area contributed by atoms with Crippen LogP contribution in [0.1, 0.15) is 31.4 Å². The molecule has 0 aliphatic carbocycles. The maximum Gasteiger partial charge on any atom is 0.0315 e. The molecule has 1 saturated heterocycles. The highest BCUT2D eigenvalue weighted by molar-refractivity contribution is 5.21. The van der Waals surface area contributed by atoms with Crippen LogP contribution >= 0.6 is 0 Å². The lowest BCUT2D eigenvalue weighted by molar-refractivity contribution is 0.194. The van der Waals surface area contributed by atoms with Crippen LogP contribution in [0.5, 0.6) is 0 Å². The number of nitrogens with zero attached hydrogens (tertiary/aromatic N) is 2. The first-order valence-electron chi connectivity index (χ1n) is 7.00. The quantitative estimate of drug-likeness (QED) is 0.868. The first-order valence-corrected chi connectivity index (χ1v) is 7.00. The van der Waals surface area contributed by atoms with Gasteiger partial charge in [0.1, 0.15) is 0 Å². The standard InChI is InChI=1S/C15H25N3/c1-12-8-17-14(3)5-7-18(10-12)11-15-9-16-6-4-13(15)2/h4,6,9,12,14,17H,5,7-8,10-11H2,1-3H3. The number of aromatic nitrogens is 1. The van der Waals surface area contributed by atoms with Gasteiger partial charge in [-0.05, 0) is 56.5 Å². The molecule has 1 N–H and O–H groups in total. The number of hydrogen-bond donors (Lipinski definition) is 1. The summed E-state index contributed by atoms with van der Waals surface area (Å²) in [5.41, 5.74) is 2.72. The second kappa shape index (κ2) is 6.30. The van der Waals surface area contributed by atoms with E-state index in [1.807, 2.05) is 12.4 Å². The van der Waals surface area contributed by atoms with E-state index in [4.69, 9.17) is 0 Å². The van der Waals surface area contributed by atoms with Gasteiger partial charge in [0.05, 0.1) is 0 Å². The van der Waals surface area contributed by atoms with E-state index in [0.29, 0.717) is 12.0 Å². The molecule has 2 unspecified atom stereocenters. The van der Waals surface area contributed by atoms with E-state index in [-0.39, 0.29) is 0 Å². The van der Waals surface area contributed by atoms with E-state index >= 15 is 0 Å². The Balaban J connectivity index is 2.00. The summed E-state index contributed by atoms with van der Waals surface area (Å²) in [7, 11) is 0. The molecular weight excluding hydrogens is 222 g/mol. The van der Waals surface area contributed by atoms with E-state index in [9.17, 15) is 0 Å². The Morgan fingerprint density at radius 1 is 1.44 bits per heavy atom. The third-order valence-corrected chi connectivity index (χ3v) is 3.80. The molecule has 1 fully saturated rings. The smallest absolute Gasteiger partial charge is 0.0315 e. The Hall–Kier alpha value is -0.930. The Labute approximate surface area is 111 Å². The Morgan fingerprint density at radius 2 is 2.28 bits per heavy atom. The number of hydrogen-bond acceptors (Lipinski definition) is 3. The average Bonchev–Trinajstić information content (AvgIpc) is 2.34. The molecule has 3 heteroatoms. The van der Waals surface area contributed by atoms with Crippen LogP contribution in [0, 0.1) is 12.8 Å². The van der Waals surface area contributed by atoms with Crippen LogP contribution in [0.25, 0.3) is 0 Å². The summed E-state index contributed by atoms with van der Waals surface area (Å²) in [5.74, 6) is 0.713. The molecule has 0 bridgehead atoms. The minimum Gasteiger partial charge on any atom is -0.314 e. The second-order valence-corrected chi connectivity index (χ2v) is 5.74. The summed E-state index contributed by atoms with van der Waals surface area (Å²) in [6.07, 6.45) is 5.12. The van der Waals surface area contributed by atoms with Crippen LogP contribution < -0.4 is 5.32 Å². The molecule has 2 atom stereocenters. The van der Waals surface area contributed by atoms with Crippen molar-refractivity contribution in [3.05, 3.63) is 29.6 Å². The van der Waals surface area contributed by atoms with Gasteiger partial charge in [0.2, 0.25) is 0 Å². The van der Waals surface area contributed by atoms with E-state index in [1.165, 1.54) is 30.6 Å². The molecule has 100 valence electrons. The SMILES string of the molecule is Cc1ccncc1CN1CCC(C)NCC(C)C1. The predicted molar refractivity (Wildman–Crippen MR) is 75.5 cm³/mol. The first-order chi connectivity index (χ1) is 8.65. The fraction of sp³-hybridized carbons (Fsp3) is 0.667. The highest BCUT2D eigenvalue weighted by Crippen LogP contribution is 2.13. The van der Waals surface area contributed by atoms with E-state index in [2.05, 4.69) is 42.0 Å². The van der Waals surface area contributed by atoms with Gasteiger partial charge < -0.3 is 5.32 Å². The summed E-state index contributed by atoms with van der Waals surface area (Å²) in [6, 6.07) is 2.73. The summed E-state index contributed by atoms with van der Waals surface area (Å²) in [4.78, 5) is 6.82. The molecule has 0 aromatic carbocycles. The molecule has 0 spiro atoms. The average molecular weight is 247 g/mol. The molecule has 1 aliphatic heterocycles. The molecule has 0 amide bonds. The molecular formula is C15H25N3. The number of pyridine rings is 1. The molecule has 1 aromatic rings. The predicted octanol–water partition coefficient (Wildman–Crippen LogP) is 2.21. The van der Waals surface area contributed by atoms with Crippen LogP contribution in [0.15, 0.2) is 18.5 Å². The zero-order valence-electron chi connectivity index (χ0n) is 11.8. The molecule has 18 heavy (non-hydrogen) atoms. The molecule has 1 aliphatic rings. The summed E-state index contributed by atoms with van der Waals surface area (Å²) >= 11 is 0. The van der Waals surface area contributed by atoms with Crippen molar-refractivity contribution in [3.63, 3.8) is 0 Å². The molecule has 1 aromatic heterocycles. The zero-order chi connectivity index (χ0) is 13.0. The van der Waals surface area contributed by atoms with Crippen molar-refractivity contribution in [2.45, 2.75) is 39.8 Å². The van der Waals surface area contributed by atoms with Gasteiger partial charge in [-0.1, -0.05) is 6.92 Å². The first kappa shape index (κ1) is 13.5. The third-order valence-electron chi connectivity index (χ3n) is 3.80. The van der Waals surface area contributed by atoms with Gasteiger partial charge in [-0.25, -0.2) is 0 Å². The Bertz CT molecular complexity index is 378. The van der Waals surface area contributed by atoms with Gasteiger partial charge in [0, 0.05) is 31.5 Å². The number of aryl methyl sites for hydroxylation is 1. The van der Waals surface area contributed by atoms with E-state index in [0.717, 1.165) is 13.1 Å². The largest absolute Gasteiger partial charge is 0.314 e. The second-order valence-electron chi connectivity index (χ2n) is 5.74. The molecule has 3 nitrogen and oxygen atoms in total. The number of nitrogens with one attached hydrogen (secondary N) is 1. The van der Waals surface area contributed by atoms with Crippen molar-refractivity contribution < 1.29 is 0 Å². The normalized spacial score (nSPS) is 26.6. The van der Waals surface area contributed by atoms with Crippen LogP contribution in [0.2, 0.25) is 0 Å². The van der Waals surface area contributed by atoms with Crippen LogP contribution in [-0.2, 0) is 6.54 Å². The van der Waals surface area contributed by atoms with Crippen LogP contribution in [-0.4, -0.2) is 35.6 Å². The third kappa shape index (κ3) is 3.79. The van der Waals surface area contributed by atoms with Crippen molar-refractivity contribution in [1.82, 2.24) is 15.2 Å². The van der Waals surface area contributed by atoms with Gasteiger partial charge >= 0.3 is 0 Å². The summed E-state index contributed by atoms with van der Waals surface area (Å²) < 4.78 is 0. The highest BCUT2D eigenvalue weighted by atomic mass is 15.1. The van der Waals surface area contributed by atoms with E-state index < -0.39 is 0 Å². The maximum atomic E-state index is 4.25. The van der Waals surface area contributed by atoms with Gasteiger partial charge in [0.25, 0.3) is 0 Å². The minimum absolute atomic E-state index is 0.630. The van der Waals surface area contributed by atoms with Gasteiger partial charge in [-0.3, -0.25) is 9.88 Å². The number of rotatable bonds is 2. The molecule has 0 radical (unpaired) electrons. The van der Waals surface area contributed by atoms with Crippen molar-refractivity contribution in [1.29, 1.82) is 0 Å². The lowest BCUT2D eigenvalue weighted by Gasteiger charge is -2.31. The highest BCUT2D eigenvalue weighted by Gasteiger charge is 2.17. The van der Waals surface area contributed by atoms with Crippen molar-refractivity contribution in [2.24, 2.45) is 5.92 Å². The van der Waals surface area contributed by atoms with Crippen molar-refractivity contribution in [3.8, 4) is 0 Å². The van der Waals surface area contributed by atoms with Crippen molar-refractivity contribution >= 4 is 0 Å². The maximum absolute atomic E-state index is 4.25. The van der Waals surface area contributed by atoms with Crippen molar-refractivity contribution in [2.75, 3.05) is 19.6 Å². The monoisotopic (exact) mass is 247 g/mol. The van der Waals surface area contributed by atoms with Gasteiger partial charge in [-0.2, -0.15) is 0 Å². The summed E-state index contributed by atoms with van der Waals surface area (Å²) in [5, 5.41) is 3.59.